The molecule has 0 radical (unpaired) electrons. The SMILES string of the molecule is CC(=O)[C@@H](OC(C)(C)C)c1c(-c2ccc3c4c(ccnc24)CCO3)c2ccccc2c2ccccc12.CC(=O)[C@@H](OC(C)(C)C)c1c(C)c(F)c2c(F)cc(F)cc2c1-c1ccc2c3c(ccnc13)CCO2.COCC(C)(C)O[C@H](C(=O)O)c1c(C)cc2ccccc2c1-c1ccc2c3c(ccnc13)CCO2.[C-]#[N+]c1ccc2c(-c3ccc4c5c(ccnc35)CCO4)c([C@H](OC(C)(C)C)C(C)=O)c(C)cc2c1OCC. The number of aromatic nitrogens is 4. The highest BCUT2D eigenvalue weighted by atomic mass is 19.1. The van der Waals surface area contributed by atoms with Gasteiger partial charge in [-0.25, -0.2) is 22.8 Å². The van der Waals surface area contributed by atoms with E-state index in [1.54, 1.807) is 66.1 Å². The lowest BCUT2D eigenvalue weighted by molar-refractivity contribution is -0.167. The van der Waals surface area contributed by atoms with Gasteiger partial charge in [-0.05, 0) is 319 Å². The van der Waals surface area contributed by atoms with Gasteiger partial charge in [0.25, 0.3) is 0 Å². The number of Topliss-reactive ketones (excluding diaryl/α,β-unsaturated/α-hetero) is 3. The predicted octanol–water partition coefficient (Wildman–Crippen LogP) is 28.3. The molecule has 1 N–H and O–H groups in total. The van der Waals surface area contributed by atoms with Crippen LogP contribution in [0.3, 0.4) is 0 Å². The third-order valence-electron chi connectivity index (χ3n) is 26.8. The van der Waals surface area contributed by atoms with Crippen LogP contribution in [0.5, 0.6) is 28.7 Å². The second-order valence-electron chi connectivity index (χ2n) is 41.0. The van der Waals surface area contributed by atoms with Crippen molar-refractivity contribution in [1.82, 2.24) is 19.9 Å². The normalized spacial score (nSPS) is 14.1. The monoisotopic (exact) mass is 1950 g/mol. The van der Waals surface area contributed by atoms with Crippen LogP contribution in [-0.4, -0.2) is 118 Å². The number of ether oxygens (including phenoxy) is 10. The van der Waals surface area contributed by atoms with Gasteiger partial charge < -0.3 is 52.5 Å². The number of benzene rings is 13. The summed E-state index contributed by atoms with van der Waals surface area (Å²) in [6, 6.07) is 58.0. The van der Waals surface area contributed by atoms with E-state index in [0.29, 0.717) is 84.9 Å². The molecule has 21 rings (SSSR count). The molecule has 4 aliphatic heterocycles. The highest BCUT2D eigenvalue weighted by molar-refractivity contribution is 6.20. The van der Waals surface area contributed by atoms with Crippen LogP contribution >= 0.6 is 0 Å². The predicted molar refractivity (Wildman–Crippen MR) is 565 cm³/mol. The maximum atomic E-state index is 15.7. The lowest BCUT2D eigenvalue weighted by atomic mass is 9.83. The number of carboxylic acids is 1. The van der Waals surface area contributed by atoms with Crippen LogP contribution in [0, 0.1) is 44.8 Å². The number of carbonyl (C=O) groups excluding carboxylic acids is 3. The van der Waals surface area contributed by atoms with Crippen LogP contribution in [0.25, 0.3) is 147 Å². The zero-order valence-corrected chi connectivity index (χ0v) is 85.0. The van der Waals surface area contributed by atoms with Crippen molar-refractivity contribution >= 4 is 126 Å². The number of rotatable bonds is 21. The van der Waals surface area contributed by atoms with Crippen molar-refractivity contribution in [1.29, 1.82) is 0 Å². The smallest absolute Gasteiger partial charge is 0.337 e. The number of hydrogen-bond acceptors (Lipinski definition) is 18. The van der Waals surface area contributed by atoms with E-state index in [-0.39, 0.29) is 45.9 Å². The molecular weight excluding hydrogens is 1830 g/mol. The maximum absolute atomic E-state index is 15.7. The van der Waals surface area contributed by atoms with Crippen molar-refractivity contribution in [3.05, 3.63) is 297 Å². The van der Waals surface area contributed by atoms with Gasteiger partial charge >= 0.3 is 5.97 Å². The van der Waals surface area contributed by atoms with Gasteiger partial charge in [0.05, 0.1) is 96.1 Å². The molecule has 20 nitrogen and oxygen atoms in total. The Morgan fingerprint density at radius 1 is 0.414 bits per heavy atom. The van der Waals surface area contributed by atoms with Crippen LogP contribution in [-0.2, 0) is 68.5 Å². The Labute approximate surface area is 840 Å². The minimum atomic E-state index is -1.19. The molecule has 0 aliphatic carbocycles. The lowest BCUT2D eigenvalue weighted by Gasteiger charge is -2.31. The number of methoxy groups -OCH3 is 1. The number of carbonyl (C=O) groups is 4. The molecule has 740 valence electrons. The van der Waals surface area contributed by atoms with E-state index in [0.717, 1.165) is 185 Å². The Bertz CT molecular complexity index is 8150. The van der Waals surface area contributed by atoms with Crippen molar-refractivity contribution < 1.29 is 84.8 Å². The van der Waals surface area contributed by atoms with Crippen molar-refractivity contribution in [2.24, 2.45) is 0 Å². The highest BCUT2D eigenvalue weighted by Gasteiger charge is 2.40. The number of ketones is 3. The molecule has 145 heavy (non-hydrogen) atoms. The Morgan fingerprint density at radius 2 is 0.786 bits per heavy atom. The Kier molecular flexibility index (Phi) is 27.8. The molecule has 0 unspecified atom stereocenters. The number of hydrogen-bond donors (Lipinski definition) is 1. The zero-order chi connectivity index (χ0) is 103. The van der Waals surface area contributed by atoms with Gasteiger partial charge in [-0.2, -0.15) is 0 Å². The van der Waals surface area contributed by atoms with Crippen LogP contribution < -0.4 is 23.7 Å². The van der Waals surface area contributed by atoms with Crippen LogP contribution in [0.15, 0.2) is 207 Å². The van der Waals surface area contributed by atoms with Gasteiger partial charge in [-0.15, -0.1) is 0 Å². The largest absolute Gasteiger partial charge is 0.504 e. The molecule has 0 saturated heterocycles. The summed E-state index contributed by atoms with van der Waals surface area (Å²) in [6.07, 6.45) is 6.48. The van der Waals surface area contributed by atoms with Crippen LogP contribution in [0.4, 0.5) is 18.9 Å². The molecule has 0 saturated carbocycles. The lowest BCUT2D eigenvalue weighted by Crippen LogP contribution is -2.35. The molecule has 13 aromatic carbocycles. The number of halogens is 3. The Morgan fingerprint density at radius 3 is 1.21 bits per heavy atom. The molecule has 0 amide bonds. The Hall–Kier alpha value is -14.6. The number of nitrogens with zero attached hydrogens (tertiary/aromatic N) is 5. The number of aliphatic carboxylic acids is 1. The first-order chi connectivity index (χ1) is 69.3. The zero-order valence-electron chi connectivity index (χ0n) is 85.0. The third kappa shape index (κ3) is 19.5. The molecule has 4 atom stereocenters. The Balaban J connectivity index is 0.000000127. The number of carboxylic acid groups (broad SMARTS) is 1. The molecule has 0 bridgehead atoms. The fraction of sp³-hybridized carbons (Fsp3) is 0.303. The summed E-state index contributed by atoms with van der Waals surface area (Å²) in [4.78, 5) is 74.8. The van der Waals surface area contributed by atoms with E-state index in [4.69, 9.17) is 68.9 Å². The fourth-order valence-electron chi connectivity index (χ4n) is 21.2. The van der Waals surface area contributed by atoms with Crippen molar-refractivity contribution in [3.8, 4) is 73.3 Å². The van der Waals surface area contributed by atoms with Crippen molar-refractivity contribution in [2.45, 2.75) is 197 Å². The van der Waals surface area contributed by atoms with E-state index < -0.39 is 70.2 Å². The summed E-state index contributed by atoms with van der Waals surface area (Å²) in [5, 5.41) is 21.9. The molecule has 8 heterocycles. The second kappa shape index (κ2) is 40.2. The van der Waals surface area contributed by atoms with E-state index >= 15 is 8.78 Å². The number of fused-ring (bicyclic) bond motifs is 6. The fourth-order valence-corrected chi connectivity index (χ4v) is 21.2. The van der Waals surface area contributed by atoms with Gasteiger partial charge in [-0.3, -0.25) is 34.3 Å². The summed E-state index contributed by atoms with van der Waals surface area (Å²) in [6.45, 7) is 43.6. The first-order valence-corrected chi connectivity index (χ1v) is 49.0. The van der Waals surface area contributed by atoms with E-state index in [1.807, 2.05) is 198 Å². The highest BCUT2D eigenvalue weighted by Crippen LogP contribution is 2.55. The summed E-state index contributed by atoms with van der Waals surface area (Å²) in [7, 11) is 1.58. The minimum Gasteiger partial charge on any atom is -0.504 e. The van der Waals surface area contributed by atoms with Gasteiger partial charge in [0.15, 0.2) is 23.5 Å². The summed E-state index contributed by atoms with van der Waals surface area (Å²) in [5.41, 5.74) is 16.1. The average Bonchev–Trinajstić information content (AvgIpc) is 0.734. The molecule has 17 aromatic rings. The first kappa shape index (κ1) is 100. The van der Waals surface area contributed by atoms with E-state index in [2.05, 4.69) is 58.4 Å². The van der Waals surface area contributed by atoms with E-state index in [9.17, 15) is 28.7 Å². The summed E-state index contributed by atoms with van der Waals surface area (Å²) < 4.78 is 106. The summed E-state index contributed by atoms with van der Waals surface area (Å²) >= 11 is 0. The number of aryl methyl sites for hydroxylation is 2. The van der Waals surface area contributed by atoms with Crippen molar-refractivity contribution in [3.63, 3.8) is 0 Å². The molecule has 4 aromatic heterocycles. The molecule has 23 heteroatoms. The molecular formula is C122H116F3N5O15. The minimum absolute atomic E-state index is 0.00795. The van der Waals surface area contributed by atoms with Crippen molar-refractivity contribution in [2.75, 3.05) is 46.8 Å². The van der Waals surface area contributed by atoms with Crippen LogP contribution in [0.1, 0.15) is 189 Å². The first-order valence-electron chi connectivity index (χ1n) is 49.0. The molecule has 4 aliphatic rings. The summed E-state index contributed by atoms with van der Waals surface area (Å²) in [5.74, 6) is -0.551. The van der Waals surface area contributed by atoms with Gasteiger partial charge in [0.2, 0.25) is 5.69 Å². The third-order valence-corrected chi connectivity index (χ3v) is 26.8. The molecule has 0 fully saturated rings. The maximum Gasteiger partial charge on any atom is 0.337 e. The van der Waals surface area contributed by atoms with Gasteiger partial charge in [0.1, 0.15) is 64.5 Å². The van der Waals surface area contributed by atoms with Gasteiger partial charge in [0, 0.05) is 130 Å². The second-order valence-corrected chi connectivity index (χ2v) is 41.0. The number of pyridine rings is 4. The average molecular weight is 1950 g/mol. The van der Waals surface area contributed by atoms with Gasteiger partial charge in [-0.1, -0.05) is 91.0 Å². The topological polar surface area (TPSA) is 237 Å². The van der Waals surface area contributed by atoms with Crippen LogP contribution in [0.2, 0.25) is 0 Å². The quantitative estimate of drug-likeness (QED) is 0.0520. The molecule has 0 spiro atoms. The standard InChI is InChI=1S/C32H32N2O4.C32H29NO3.C29H26F3NO3.C29H29NO5/c1-8-36-31-23-17-18(2)26(30(19(3)35)38-32(4,5)6)28(21(23)9-11-24(31)33-7)22-10-12-25-27-20(14-16-37-25)13-15-34-29(22)27;1-19(34)31(36-32(2,3)4)29-24-12-8-6-10-22(24)21-9-5-7-11-23(21)28(29)25-13-14-26-27-20(16-18-35-26)15-17-33-30(25)27;1-14-22(28(15(2)34)36-29(3,4)5)24(19-12-17(30)13-20(31)25(19)26(14)32)18-6-7-21-23-16(9-11-35-21)8-10-33-27(18)23;1-17-15-19-7-5-6-8-20(19)25(23(17)27(28(31)32)35-29(2,3)16-33-4)21-9-10-22-24-18(12-14-34-22)11-13-30-26(21)24/h9-13,15,17,30H,8,14,16H2,1-6H3;5-15,17,31H,16,18H2,1-4H3;6-8,10,12-13,28H,9,11H2,1-5H3;5-11,13,15,27H,12,14,16H2,1-4H3,(H,31,32)/t30-;31-;28-;27-/m1110/s1. The van der Waals surface area contributed by atoms with E-state index in [1.165, 1.54) is 30.5 Å².